The van der Waals surface area contributed by atoms with Gasteiger partial charge in [0.05, 0.1) is 4.90 Å². The first-order valence-corrected chi connectivity index (χ1v) is 9.20. The Labute approximate surface area is 134 Å². The molecule has 1 atom stereocenters. The Bertz CT molecular complexity index is 723. The largest absolute Gasteiger partial charge is 0.352 e. The summed E-state index contributed by atoms with van der Waals surface area (Å²) < 4.78 is 22.3. The van der Waals surface area contributed by atoms with Crippen molar-refractivity contribution in [2.75, 3.05) is 0 Å². The minimum atomic E-state index is -3.68. The third kappa shape index (κ3) is 4.66. The molecule has 2 aromatic rings. The fourth-order valence-corrected chi connectivity index (χ4v) is 3.33. The summed E-state index contributed by atoms with van der Waals surface area (Å²) in [5.41, 5.74) is 0.823. The summed E-state index contributed by atoms with van der Waals surface area (Å²) in [6, 6.07) is 10.1. The molecule has 3 N–H and O–H groups in total. The van der Waals surface area contributed by atoms with E-state index in [1.165, 1.54) is 17.0 Å². The van der Waals surface area contributed by atoms with Gasteiger partial charge in [0, 0.05) is 17.3 Å². The summed E-state index contributed by atoms with van der Waals surface area (Å²) in [6.45, 7) is 2.25. The molecule has 0 aliphatic heterocycles. The van der Waals surface area contributed by atoms with E-state index in [1.54, 1.807) is 23.5 Å². The van der Waals surface area contributed by atoms with E-state index in [-0.39, 0.29) is 16.7 Å². The van der Waals surface area contributed by atoms with Crippen LogP contribution >= 0.6 is 11.3 Å². The van der Waals surface area contributed by atoms with Crippen molar-refractivity contribution < 1.29 is 13.2 Å². The Morgan fingerprint density at radius 1 is 1.27 bits per heavy atom. The maximum atomic E-state index is 12.0. The molecule has 0 aliphatic rings. The summed E-state index contributed by atoms with van der Waals surface area (Å²) in [7, 11) is -3.68. The van der Waals surface area contributed by atoms with Gasteiger partial charge in [-0.2, -0.15) is 0 Å². The lowest BCUT2D eigenvalue weighted by Gasteiger charge is -2.11. The summed E-state index contributed by atoms with van der Waals surface area (Å²) in [5.74, 6) is -0.133. The number of thiophene rings is 1. The van der Waals surface area contributed by atoms with E-state index in [0.29, 0.717) is 13.0 Å². The van der Waals surface area contributed by atoms with Crippen LogP contribution in [0.2, 0.25) is 0 Å². The Morgan fingerprint density at radius 3 is 2.50 bits per heavy atom. The Morgan fingerprint density at radius 2 is 1.95 bits per heavy atom. The molecule has 0 aliphatic carbocycles. The second kappa shape index (κ2) is 7.04. The van der Waals surface area contributed by atoms with E-state index in [1.807, 2.05) is 24.4 Å². The van der Waals surface area contributed by atoms with Crippen molar-refractivity contribution >= 4 is 27.3 Å². The van der Waals surface area contributed by atoms with Crippen LogP contribution in [0.1, 0.15) is 17.4 Å². The third-order valence-corrected chi connectivity index (χ3v) is 5.08. The summed E-state index contributed by atoms with van der Waals surface area (Å²) in [4.78, 5) is 13.3. The first-order chi connectivity index (χ1) is 10.4. The number of carbonyl (C=O) groups is 1. The van der Waals surface area contributed by atoms with Crippen LogP contribution in [0.3, 0.4) is 0 Å². The molecule has 1 amide bonds. The molecule has 1 heterocycles. The molecule has 118 valence electrons. The van der Waals surface area contributed by atoms with Crippen LogP contribution in [-0.2, 0) is 27.8 Å². The van der Waals surface area contributed by atoms with E-state index in [0.717, 1.165) is 5.56 Å². The SMILES string of the molecule is CC(Cc1cccs1)C(=O)NCc1ccc(S(N)(=O)=O)cc1. The summed E-state index contributed by atoms with van der Waals surface area (Å²) >= 11 is 1.64. The van der Waals surface area contributed by atoms with Crippen molar-refractivity contribution in [3.63, 3.8) is 0 Å². The number of hydrogen-bond acceptors (Lipinski definition) is 4. The molecule has 5 nitrogen and oxygen atoms in total. The molecular formula is C15H18N2O3S2. The van der Waals surface area contributed by atoms with Crippen LogP contribution in [0.4, 0.5) is 0 Å². The van der Waals surface area contributed by atoms with Crippen LogP contribution in [0.25, 0.3) is 0 Å². The number of sulfonamides is 1. The number of hydrogen-bond donors (Lipinski definition) is 2. The van der Waals surface area contributed by atoms with E-state index in [9.17, 15) is 13.2 Å². The Balaban J connectivity index is 1.88. The third-order valence-electron chi connectivity index (χ3n) is 3.25. The van der Waals surface area contributed by atoms with Gasteiger partial charge in [-0.25, -0.2) is 13.6 Å². The quantitative estimate of drug-likeness (QED) is 0.843. The highest BCUT2D eigenvalue weighted by Crippen LogP contribution is 2.15. The van der Waals surface area contributed by atoms with Gasteiger partial charge in [-0.15, -0.1) is 11.3 Å². The number of primary sulfonamides is 1. The number of rotatable bonds is 6. The maximum Gasteiger partial charge on any atom is 0.238 e. The zero-order valence-corrected chi connectivity index (χ0v) is 13.8. The summed E-state index contributed by atoms with van der Waals surface area (Å²) in [5, 5.41) is 9.88. The van der Waals surface area contributed by atoms with Gasteiger partial charge in [0.25, 0.3) is 0 Å². The lowest BCUT2D eigenvalue weighted by molar-refractivity contribution is -0.124. The second-order valence-electron chi connectivity index (χ2n) is 5.09. The normalized spacial score (nSPS) is 12.8. The highest BCUT2D eigenvalue weighted by molar-refractivity contribution is 7.89. The van der Waals surface area contributed by atoms with Crippen LogP contribution < -0.4 is 10.5 Å². The van der Waals surface area contributed by atoms with Crippen molar-refractivity contribution in [1.82, 2.24) is 5.32 Å². The van der Waals surface area contributed by atoms with E-state index >= 15 is 0 Å². The van der Waals surface area contributed by atoms with Crippen LogP contribution in [0.5, 0.6) is 0 Å². The number of nitrogens with one attached hydrogen (secondary N) is 1. The van der Waals surface area contributed by atoms with Crippen molar-refractivity contribution in [3.05, 3.63) is 52.2 Å². The molecule has 0 saturated carbocycles. The van der Waals surface area contributed by atoms with Crippen molar-refractivity contribution in [2.45, 2.75) is 24.8 Å². The Kier molecular flexibility index (Phi) is 5.33. The fourth-order valence-electron chi connectivity index (χ4n) is 1.98. The van der Waals surface area contributed by atoms with E-state index in [4.69, 9.17) is 5.14 Å². The molecule has 22 heavy (non-hydrogen) atoms. The molecule has 0 fully saturated rings. The molecule has 7 heteroatoms. The summed E-state index contributed by atoms with van der Waals surface area (Å²) in [6.07, 6.45) is 0.716. The molecular weight excluding hydrogens is 320 g/mol. The van der Waals surface area contributed by atoms with Crippen molar-refractivity contribution in [1.29, 1.82) is 0 Å². The van der Waals surface area contributed by atoms with Crippen LogP contribution in [0.15, 0.2) is 46.7 Å². The number of nitrogens with two attached hydrogens (primary N) is 1. The molecule has 0 bridgehead atoms. The maximum absolute atomic E-state index is 12.0. The number of carbonyl (C=O) groups excluding carboxylic acids is 1. The highest BCUT2D eigenvalue weighted by atomic mass is 32.2. The smallest absolute Gasteiger partial charge is 0.238 e. The standard InChI is InChI=1S/C15H18N2O3S2/c1-11(9-13-3-2-8-21-13)15(18)17-10-12-4-6-14(7-5-12)22(16,19)20/h2-8,11H,9-10H2,1H3,(H,17,18)(H2,16,19,20). The van der Waals surface area contributed by atoms with Gasteiger partial charge in [0.15, 0.2) is 0 Å². The van der Waals surface area contributed by atoms with Gasteiger partial charge in [-0.05, 0) is 35.6 Å². The predicted octanol–water partition coefficient (Wildman–Crippen LogP) is 1.89. The zero-order chi connectivity index (χ0) is 16.2. The highest BCUT2D eigenvalue weighted by Gasteiger charge is 2.14. The lowest BCUT2D eigenvalue weighted by atomic mass is 10.1. The molecule has 0 saturated heterocycles. The molecule has 0 spiro atoms. The Hall–Kier alpha value is -1.70. The van der Waals surface area contributed by atoms with Gasteiger partial charge in [0.1, 0.15) is 0 Å². The lowest BCUT2D eigenvalue weighted by Crippen LogP contribution is -2.29. The van der Waals surface area contributed by atoms with Gasteiger partial charge < -0.3 is 5.32 Å². The monoisotopic (exact) mass is 338 g/mol. The molecule has 1 unspecified atom stereocenters. The van der Waals surface area contributed by atoms with Gasteiger partial charge >= 0.3 is 0 Å². The fraction of sp³-hybridized carbons (Fsp3) is 0.267. The molecule has 1 aromatic carbocycles. The predicted molar refractivity (Wildman–Crippen MR) is 86.8 cm³/mol. The van der Waals surface area contributed by atoms with Crippen LogP contribution in [-0.4, -0.2) is 14.3 Å². The minimum Gasteiger partial charge on any atom is -0.352 e. The second-order valence-corrected chi connectivity index (χ2v) is 7.68. The average molecular weight is 338 g/mol. The number of benzene rings is 1. The van der Waals surface area contributed by atoms with E-state index in [2.05, 4.69) is 5.32 Å². The van der Waals surface area contributed by atoms with Gasteiger partial charge in [-0.3, -0.25) is 4.79 Å². The van der Waals surface area contributed by atoms with Gasteiger partial charge in [-0.1, -0.05) is 25.1 Å². The molecule has 0 radical (unpaired) electrons. The first kappa shape index (κ1) is 16.7. The molecule has 1 aromatic heterocycles. The first-order valence-electron chi connectivity index (χ1n) is 6.78. The zero-order valence-electron chi connectivity index (χ0n) is 12.2. The molecule has 2 rings (SSSR count). The van der Waals surface area contributed by atoms with Gasteiger partial charge in [0.2, 0.25) is 15.9 Å². The average Bonchev–Trinajstić information content (AvgIpc) is 2.97. The van der Waals surface area contributed by atoms with Crippen molar-refractivity contribution in [2.24, 2.45) is 11.1 Å². The topological polar surface area (TPSA) is 89.3 Å². The minimum absolute atomic E-state index is 0.0241. The van der Waals surface area contributed by atoms with Crippen molar-refractivity contribution in [3.8, 4) is 0 Å². The number of amides is 1. The van der Waals surface area contributed by atoms with E-state index < -0.39 is 10.0 Å². The van der Waals surface area contributed by atoms with Crippen LogP contribution in [0, 0.1) is 5.92 Å².